The van der Waals surface area contributed by atoms with Gasteiger partial charge in [-0.25, -0.2) is 21.6 Å². The molecule has 0 spiro atoms. The van der Waals surface area contributed by atoms with Crippen LogP contribution in [0, 0.1) is 0 Å². The van der Waals surface area contributed by atoms with E-state index in [9.17, 15) is 16.8 Å². The average molecular weight is 306 g/mol. The summed E-state index contributed by atoms with van der Waals surface area (Å²) in [5.41, 5.74) is 6.14. The molecule has 0 heterocycles. The number of rotatable bonds is 7. The number of hydrogen-bond acceptors (Lipinski definition) is 5. The predicted octanol–water partition coefficient (Wildman–Crippen LogP) is -0.142. The minimum absolute atomic E-state index is 0.00259. The number of benzene rings is 1. The van der Waals surface area contributed by atoms with Gasteiger partial charge in [0.2, 0.25) is 10.0 Å². The fourth-order valence-corrected chi connectivity index (χ4v) is 3.33. The summed E-state index contributed by atoms with van der Waals surface area (Å²) in [6, 6.07) is 6.23. The molecular weight excluding hydrogens is 288 g/mol. The molecule has 0 aliphatic carbocycles. The summed E-state index contributed by atoms with van der Waals surface area (Å²) in [6.45, 7) is 1.63. The maximum Gasteiger partial charge on any atom is 0.240 e. The summed E-state index contributed by atoms with van der Waals surface area (Å²) >= 11 is 0. The van der Waals surface area contributed by atoms with E-state index in [2.05, 4.69) is 4.72 Å². The Balaban J connectivity index is 2.76. The van der Waals surface area contributed by atoms with E-state index in [0.717, 1.165) is 0 Å². The van der Waals surface area contributed by atoms with Crippen LogP contribution in [-0.2, 0) is 26.4 Å². The van der Waals surface area contributed by atoms with Crippen molar-refractivity contribution in [2.24, 2.45) is 5.73 Å². The van der Waals surface area contributed by atoms with Crippen LogP contribution in [-0.4, -0.2) is 34.9 Å². The van der Waals surface area contributed by atoms with Gasteiger partial charge in [-0.15, -0.1) is 0 Å². The molecule has 0 aromatic heterocycles. The Morgan fingerprint density at radius 2 is 1.89 bits per heavy atom. The first-order valence-corrected chi connectivity index (χ1v) is 9.10. The van der Waals surface area contributed by atoms with Crippen LogP contribution in [0.15, 0.2) is 29.2 Å². The van der Waals surface area contributed by atoms with Crippen molar-refractivity contribution in [1.29, 1.82) is 0 Å². The lowest BCUT2D eigenvalue weighted by atomic mass is 10.2. The van der Waals surface area contributed by atoms with Gasteiger partial charge in [-0.05, 0) is 17.7 Å². The van der Waals surface area contributed by atoms with E-state index in [1.54, 1.807) is 12.1 Å². The molecule has 0 saturated carbocycles. The molecule has 0 amide bonds. The van der Waals surface area contributed by atoms with Crippen molar-refractivity contribution in [2.45, 2.75) is 18.4 Å². The number of nitrogens with two attached hydrogens (primary N) is 1. The third-order valence-corrected chi connectivity index (χ3v) is 5.75. The topological polar surface area (TPSA) is 106 Å². The number of hydrogen-bond donors (Lipinski definition) is 2. The lowest BCUT2D eigenvalue weighted by Crippen LogP contribution is -2.29. The zero-order valence-corrected chi connectivity index (χ0v) is 12.3. The lowest BCUT2D eigenvalue weighted by molar-refractivity contribution is 0.581. The summed E-state index contributed by atoms with van der Waals surface area (Å²) in [4.78, 5) is 0.0874. The Morgan fingerprint density at radius 3 is 2.47 bits per heavy atom. The van der Waals surface area contributed by atoms with Crippen LogP contribution in [0.1, 0.15) is 12.5 Å². The summed E-state index contributed by atoms with van der Waals surface area (Å²) in [6.07, 6.45) is 0. The Bertz CT molecular complexity index is 624. The second-order valence-corrected chi connectivity index (χ2v) is 8.23. The van der Waals surface area contributed by atoms with Gasteiger partial charge >= 0.3 is 0 Å². The zero-order chi connectivity index (χ0) is 14.5. The maximum absolute atomic E-state index is 11.9. The molecule has 1 rings (SSSR count). The van der Waals surface area contributed by atoms with Gasteiger partial charge in [0.25, 0.3) is 0 Å². The predicted molar refractivity (Wildman–Crippen MR) is 73.8 cm³/mol. The highest BCUT2D eigenvalue weighted by Crippen LogP contribution is 2.10. The SMILES string of the molecule is CCS(=O)(=O)CCNS(=O)(=O)c1cccc(CN)c1. The molecule has 0 unspecified atom stereocenters. The second-order valence-electron chi connectivity index (χ2n) is 3.99. The van der Waals surface area contributed by atoms with Gasteiger partial charge in [-0.1, -0.05) is 19.1 Å². The van der Waals surface area contributed by atoms with Gasteiger partial charge in [-0.3, -0.25) is 0 Å². The minimum Gasteiger partial charge on any atom is -0.326 e. The van der Waals surface area contributed by atoms with Crippen molar-refractivity contribution in [3.8, 4) is 0 Å². The molecule has 0 aliphatic rings. The van der Waals surface area contributed by atoms with Crippen LogP contribution in [0.25, 0.3) is 0 Å². The van der Waals surface area contributed by atoms with E-state index in [1.165, 1.54) is 19.1 Å². The van der Waals surface area contributed by atoms with Crippen LogP contribution in [0.5, 0.6) is 0 Å². The molecule has 3 N–H and O–H groups in total. The average Bonchev–Trinajstić information content (AvgIpc) is 2.38. The number of nitrogens with one attached hydrogen (secondary N) is 1. The Kier molecular flexibility index (Phi) is 5.48. The van der Waals surface area contributed by atoms with Crippen LogP contribution in [0.2, 0.25) is 0 Å². The van der Waals surface area contributed by atoms with Crippen LogP contribution in [0.3, 0.4) is 0 Å². The Labute approximate surface area is 114 Å². The monoisotopic (exact) mass is 306 g/mol. The molecule has 108 valence electrons. The standard InChI is InChI=1S/C11H18N2O4S2/c1-2-18(14,15)7-6-13-19(16,17)11-5-3-4-10(8-11)9-12/h3-5,8,13H,2,6-7,9,12H2,1H3. The van der Waals surface area contributed by atoms with Gasteiger partial charge < -0.3 is 5.73 Å². The van der Waals surface area contributed by atoms with Gasteiger partial charge in [0, 0.05) is 18.8 Å². The zero-order valence-electron chi connectivity index (χ0n) is 10.7. The smallest absolute Gasteiger partial charge is 0.240 e. The first-order valence-electron chi connectivity index (χ1n) is 5.80. The van der Waals surface area contributed by atoms with E-state index >= 15 is 0 Å². The highest BCUT2D eigenvalue weighted by Gasteiger charge is 2.15. The van der Waals surface area contributed by atoms with Crippen LogP contribution < -0.4 is 10.5 Å². The fourth-order valence-electron chi connectivity index (χ4n) is 1.40. The highest BCUT2D eigenvalue weighted by molar-refractivity contribution is 7.91. The van der Waals surface area contributed by atoms with Crippen molar-refractivity contribution in [1.82, 2.24) is 4.72 Å². The maximum atomic E-state index is 11.9. The minimum atomic E-state index is -3.69. The molecule has 0 fully saturated rings. The van der Waals surface area contributed by atoms with E-state index in [0.29, 0.717) is 5.56 Å². The third-order valence-electron chi connectivity index (χ3n) is 2.59. The van der Waals surface area contributed by atoms with Crippen LogP contribution in [0.4, 0.5) is 0 Å². The van der Waals surface area contributed by atoms with E-state index in [1.807, 2.05) is 0 Å². The van der Waals surface area contributed by atoms with Crippen LogP contribution >= 0.6 is 0 Å². The summed E-state index contributed by atoms with van der Waals surface area (Å²) in [7, 11) is -6.88. The molecular formula is C11H18N2O4S2. The first-order chi connectivity index (χ1) is 8.80. The second kappa shape index (κ2) is 6.47. The molecule has 6 nitrogen and oxygen atoms in total. The summed E-state index contributed by atoms with van der Waals surface area (Å²) in [5, 5.41) is 0. The molecule has 0 bridgehead atoms. The molecule has 1 aromatic rings. The van der Waals surface area contributed by atoms with E-state index < -0.39 is 19.9 Å². The van der Waals surface area contributed by atoms with Crippen molar-refractivity contribution in [3.05, 3.63) is 29.8 Å². The van der Waals surface area contributed by atoms with Gasteiger partial charge in [-0.2, -0.15) is 0 Å². The summed E-state index contributed by atoms with van der Waals surface area (Å²) < 4.78 is 48.7. The fraction of sp³-hybridized carbons (Fsp3) is 0.455. The largest absolute Gasteiger partial charge is 0.326 e. The Morgan fingerprint density at radius 1 is 1.21 bits per heavy atom. The molecule has 0 atom stereocenters. The lowest BCUT2D eigenvalue weighted by Gasteiger charge is -2.07. The van der Waals surface area contributed by atoms with Gasteiger partial charge in [0.15, 0.2) is 9.84 Å². The molecule has 19 heavy (non-hydrogen) atoms. The van der Waals surface area contributed by atoms with Crippen molar-refractivity contribution in [3.63, 3.8) is 0 Å². The van der Waals surface area contributed by atoms with Crippen molar-refractivity contribution < 1.29 is 16.8 Å². The van der Waals surface area contributed by atoms with Crippen molar-refractivity contribution in [2.75, 3.05) is 18.1 Å². The van der Waals surface area contributed by atoms with Gasteiger partial charge in [0.05, 0.1) is 10.6 Å². The van der Waals surface area contributed by atoms with Gasteiger partial charge in [0.1, 0.15) is 0 Å². The quantitative estimate of drug-likeness (QED) is 0.729. The van der Waals surface area contributed by atoms with E-state index in [-0.39, 0.29) is 29.5 Å². The first kappa shape index (κ1) is 16.1. The Hall–Kier alpha value is -0.960. The highest BCUT2D eigenvalue weighted by atomic mass is 32.2. The number of sulfone groups is 1. The number of sulfonamides is 1. The normalized spacial score (nSPS) is 12.5. The molecule has 0 aliphatic heterocycles. The van der Waals surface area contributed by atoms with E-state index in [4.69, 9.17) is 5.73 Å². The third kappa shape index (κ3) is 4.90. The molecule has 0 radical (unpaired) electrons. The van der Waals surface area contributed by atoms with Crippen molar-refractivity contribution >= 4 is 19.9 Å². The molecule has 0 saturated heterocycles. The molecule has 1 aromatic carbocycles. The molecule has 8 heteroatoms. The summed E-state index contributed by atoms with van der Waals surface area (Å²) in [5.74, 6) is -0.212.